The van der Waals surface area contributed by atoms with Crippen molar-refractivity contribution >= 4 is 51.6 Å². The number of para-hydroxylation sites is 2. The third kappa shape index (κ3) is 14.6. The van der Waals surface area contributed by atoms with Crippen molar-refractivity contribution in [2.75, 3.05) is 58.5 Å². The molecule has 1 saturated heterocycles. The van der Waals surface area contributed by atoms with Gasteiger partial charge >= 0.3 is 18.1 Å². The molecule has 294 valence electrons. The normalized spacial score (nSPS) is 15.2. The lowest BCUT2D eigenvalue weighted by Gasteiger charge is -2.41. The molecular weight excluding hydrogens is 693 g/mol. The number of aliphatic imine (C=N–C) groups is 1. The van der Waals surface area contributed by atoms with E-state index in [0.717, 1.165) is 92.5 Å². The van der Waals surface area contributed by atoms with Crippen molar-refractivity contribution < 1.29 is 37.8 Å². The number of thiophene rings is 1. The number of benzene rings is 1. The Morgan fingerprint density at radius 2 is 1.40 bits per heavy atom. The predicted molar refractivity (Wildman–Crippen MR) is 211 cm³/mol. The number of nitrogens with zero attached hydrogens (tertiary/aromatic N) is 3. The number of fused-ring (bicyclic) bond motifs is 2. The second-order valence-corrected chi connectivity index (χ2v) is 16.0. The average Bonchev–Trinajstić information content (AvgIpc) is 3.44. The first-order valence-corrected chi connectivity index (χ1v) is 20.8. The van der Waals surface area contributed by atoms with Crippen LogP contribution >= 0.6 is 11.3 Å². The lowest BCUT2D eigenvalue weighted by Crippen LogP contribution is -2.59. The summed E-state index contributed by atoms with van der Waals surface area (Å²) in [6.07, 6.45) is 12.8. The molecule has 1 N–H and O–H groups in total. The van der Waals surface area contributed by atoms with Crippen LogP contribution in [0.25, 0.3) is 0 Å². The fourth-order valence-electron chi connectivity index (χ4n) is 6.56. The maximum absolute atomic E-state index is 13.0. The summed E-state index contributed by atoms with van der Waals surface area (Å²) in [6, 6.07) is 10.3. The Morgan fingerprint density at radius 3 is 2.00 bits per heavy atom. The van der Waals surface area contributed by atoms with Gasteiger partial charge in [-0.25, -0.2) is 9.79 Å². The zero-order valence-corrected chi connectivity index (χ0v) is 33.4. The number of aryl methyl sites for hydroxylation is 1. The summed E-state index contributed by atoms with van der Waals surface area (Å²) in [5.41, 5.74) is 2.99. The molecule has 53 heavy (non-hydrogen) atoms. The number of carbonyl (C=O) groups excluding carboxylic acids is 3. The number of hydrogen-bond donors (Lipinski definition) is 1. The number of quaternary nitrogens is 1. The molecular formula is C41H63N4O7S+. The van der Waals surface area contributed by atoms with Crippen LogP contribution in [-0.2, 0) is 28.5 Å². The monoisotopic (exact) mass is 755 g/mol. The van der Waals surface area contributed by atoms with E-state index in [1.54, 1.807) is 11.3 Å². The van der Waals surface area contributed by atoms with E-state index < -0.39 is 12.3 Å². The topological polar surface area (TPSA) is 116 Å². The van der Waals surface area contributed by atoms with E-state index >= 15 is 0 Å². The van der Waals surface area contributed by atoms with Gasteiger partial charge in [-0.3, -0.25) is 14.1 Å². The number of nitrogens with one attached hydrogen (secondary N) is 1. The number of anilines is 2. The third-order valence-electron chi connectivity index (χ3n) is 9.93. The van der Waals surface area contributed by atoms with Gasteiger partial charge in [0.15, 0.2) is 6.10 Å². The average molecular weight is 756 g/mol. The van der Waals surface area contributed by atoms with E-state index in [9.17, 15) is 14.4 Å². The molecule has 2 aromatic rings. The van der Waals surface area contributed by atoms with Crippen LogP contribution in [0, 0.1) is 6.92 Å². The lowest BCUT2D eigenvalue weighted by atomic mass is 10.1. The molecule has 0 saturated carbocycles. The summed E-state index contributed by atoms with van der Waals surface area (Å²) in [4.78, 5) is 46.6. The van der Waals surface area contributed by atoms with Crippen molar-refractivity contribution in [1.29, 1.82) is 0 Å². The van der Waals surface area contributed by atoms with Crippen LogP contribution in [0.2, 0.25) is 0 Å². The van der Waals surface area contributed by atoms with Gasteiger partial charge in [-0.1, -0.05) is 96.6 Å². The van der Waals surface area contributed by atoms with Gasteiger partial charge < -0.3 is 29.2 Å². The zero-order valence-electron chi connectivity index (χ0n) is 32.6. The Kier molecular flexibility index (Phi) is 17.9. The molecule has 12 heteroatoms. The van der Waals surface area contributed by atoms with E-state index in [-0.39, 0.29) is 31.9 Å². The minimum atomic E-state index is -0.954. The number of amidine groups is 1. The fraction of sp³-hybridized carbons (Fsp3) is 0.659. The minimum Gasteiger partial charge on any atom is -0.462 e. The van der Waals surface area contributed by atoms with Gasteiger partial charge in [0.1, 0.15) is 24.1 Å². The Labute approximate surface area is 321 Å². The molecule has 1 aromatic heterocycles. The molecule has 3 heterocycles. The summed E-state index contributed by atoms with van der Waals surface area (Å²) in [7, 11) is 2.06. The van der Waals surface area contributed by atoms with Gasteiger partial charge in [0.2, 0.25) is 6.73 Å². The molecule has 0 bridgehead atoms. The second kappa shape index (κ2) is 22.5. The maximum atomic E-state index is 13.0. The fourth-order valence-corrected chi connectivity index (χ4v) is 7.48. The zero-order chi connectivity index (χ0) is 37.9. The van der Waals surface area contributed by atoms with Crippen LogP contribution in [0.15, 0.2) is 35.3 Å². The molecule has 0 amide bonds. The van der Waals surface area contributed by atoms with Crippen LogP contribution in [0.5, 0.6) is 0 Å². The van der Waals surface area contributed by atoms with Crippen LogP contribution in [0.3, 0.4) is 0 Å². The Balaban J connectivity index is 1.25. The highest BCUT2D eigenvalue weighted by Gasteiger charge is 2.34. The van der Waals surface area contributed by atoms with E-state index in [0.29, 0.717) is 17.3 Å². The number of rotatable bonds is 22. The van der Waals surface area contributed by atoms with Crippen molar-refractivity contribution in [2.45, 2.75) is 123 Å². The highest BCUT2D eigenvalue weighted by atomic mass is 32.1. The molecule has 1 atom stereocenters. The lowest BCUT2D eigenvalue weighted by molar-refractivity contribution is -0.929. The highest BCUT2D eigenvalue weighted by molar-refractivity contribution is 7.16. The largest absolute Gasteiger partial charge is 0.513 e. The molecule has 0 radical (unpaired) electrons. The van der Waals surface area contributed by atoms with Crippen molar-refractivity contribution in [2.24, 2.45) is 4.99 Å². The first-order valence-electron chi connectivity index (χ1n) is 20.0. The van der Waals surface area contributed by atoms with Gasteiger partial charge in [-0.15, -0.1) is 11.3 Å². The number of esters is 2. The predicted octanol–water partition coefficient (Wildman–Crippen LogP) is 9.41. The van der Waals surface area contributed by atoms with Crippen molar-refractivity contribution in [1.82, 2.24) is 4.90 Å². The Hall–Kier alpha value is -3.64. The number of hydrogen-bond acceptors (Lipinski definition) is 11. The van der Waals surface area contributed by atoms with Gasteiger partial charge in [0, 0.05) is 17.7 Å². The van der Waals surface area contributed by atoms with Crippen molar-refractivity contribution in [3.05, 3.63) is 40.8 Å². The van der Waals surface area contributed by atoms with Gasteiger partial charge in [0.25, 0.3) is 0 Å². The summed E-state index contributed by atoms with van der Waals surface area (Å²) in [5, 5.41) is 4.66. The third-order valence-corrected chi connectivity index (χ3v) is 10.9. The molecule has 1 unspecified atom stereocenters. The number of carbonyl (C=O) groups is 3. The first-order chi connectivity index (χ1) is 25.7. The number of unbranched alkanes of at least 4 members (excludes halogenated alkanes) is 11. The van der Waals surface area contributed by atoms with Gasteiger partial charge in [-0.05, 0) is 38.0 Å². The van der Waals surface area contributed by atoms with Crippen molar-refractivity contribution in [3.8, 4) is 0 Å². The number of likely N-dealkylation sites (N-methyl/N-ethyl adjacent to an activating group) is 1. The summed E-state index contributed by atoms with van der Waals surface area (Å²) in [5.74, 6) is 0.246. The molecule has 4 rings (SSSR count). The molecule has 0 aliphatic carbocycles. The van der Waals surface area contributed by atoms with E-state index in [1.165, 1.54) is 49.8 Å². The second-order valence-electron chi connectivity index (χ2n) is 14.7. The van der Waals surface area contributed by atoms with Gasteiger partial charge in [0.05, 0.1) is 50.2 Å². The molecule has 2 aliphatic rings. The SMILES string of the molecule is CCCCCCCCCC(=O)OCC(COC(=O)CCCCCCCC)OC(=O)OC[N+]1(C)CCN(C2=Nc3ccccc3Nc3sc(C)cc32)CC1. The van der Waals surface area contributed by atoms with Crippen molar-refractivity contribution in [3.63, 3.8) is 0 Å². The Bertz CT molecular complexity index is 1470. The molecule has 2 aliphatic heterocycles. The van der Waals surface area contributed by atoms with Crippen LogP contribution in [-0.4, -0.2) is 92.6 Å². The van der Waals surface area contributed by atoms with E-state index in [4.69, 9.17) is 23.9 Å². The maximum Gasteiger partial charge on any atom is 0.513 e. The van der Waals surface area contributed by atoms with Gasteiger partial charge in [-0.2, -0.15) is 0 Å². The molecule has 0 spiro atoms. The smallest absolute Gasteiger partial charge is 0.462 e. The molecule has 1 fully saturated rings. The standard InChI is InChI=1S/C41H63N4O7S/c1-5-7-9-11-13-15-17-23-38(47)50-30-33(29-49-37(46)22-16-14-12-10-8-6-2)52-41(48)51-31-45(4)26-24-44(25-27-45)39-34-28-32(3)53-40(34)43-36-21-19-18-20-35(36)42-39/h18-21,28,33,43H,5-17,22-27,29-31H2,1-4H3/q+1. The van der Waals surface area contributed by atoms with Crippen LogP contribution in [0.1, 0.15) is 121 Å². The van der Waals surface area contributed by atoms with Crippen LogP contribution < -0.4 is 5.32 Å². The summed E-state index contributed by atoms with van der Waals surface area (Å²) in [6.45, 7) is 9.14. The van der Waals surface area contributed by atoms with E-state index in [1.807, 2.05) is 24.3 Å². The van der Waals surface area contributed by atoms with Crippen LogP contribution in [0.4, 0.5) is 21.2 Å². The van der Waals surface area contributed by atoms with E-state index in [2.05, 4.69) is 44.1 Å². The molecule has 1 aromatic carbocycles. The summed E-state index contributed by atoms with van der Waals surface area (Å²) < 4.78 is 22.7. The highest BCUT2D eigenvalue weighted by Crippen LogP contribution is 2.39. The minimum absolute atomic E-state index is 0.120. The Morgan fingerprint density at radius 1 is 0.830 bits per heavy atom. The number of piperazine rings is 1. The molecule has 11 nitrogen and oxygen atoms in total. The summed E-state index contributed by atoms with van der Waals surface area (Å²) >= 11 is 1.72. The number of ether oxygens (including phenoxy) is 4. The first kappa shape index (κ1) is 42.1. The quantitative estimate of drug-likeness (QED) is 0.0543.